The van der Waals surface area contributed by atoms with Crippen LogP contribution >= 0.6 is 0 Å². The minimum Gasteiger partial charge on any atom is -0.258 e. The highest BCUT2D eigenvalue weighted by Gasteiger charge is 2.06. The standard InChI is InChI=1S/C11H7N4/c1-2-7-12-9(5-1)8-4-3-6-10-11(8)14-15-13-10/h1-4,6-7H,(H,13,14,15). The van der Waals surface area contributed by atoms with Gasteiger partial charge in [-0.3, -0.25) is 10.1 Å². The topological polar surface area (TPSA) is 54.5 Å². The van der Waals surface area contributed by atoms with Crippen molar-refractivity contribution in [1.82, 2.24) is 20.4 Å². The minimum absolute atomic E-state index is 0.789. The van der Waals surface area contributed by atoms with Crippen molar-refractivity contribution >= 4 is 11.0 Å². The van der Waals surface area contributed by atoms with E-state index < -0.39 is 0 Å². The van der Waals surface area contributed by atoms with Crippen LogP contribution in [0.1, 0.15) is 0 Å². The van der Waals surface area contributed by atoms with E-state index in [1.807, 2.05) is 30.3 Å². The molecule has 1 radical (unpaired) electrons. The van der Waals surface area contributed by atoms with Crippen LogP contribution in [0.5, 0.6) is 0 Å². The monoisotopic (exact) mass is 195 g/mol. The third-order valence-corrected chi connectivity index (χ3v) is 2.22. The molecule has 0 bridgehead atoms. The Labute approximate surface area is 86.0 Å². The van der Waals surface area contributed by atoms with Crippen molar-refractivity contribution in [2.75, 3.05) is 0 Å². The molecule has 0 unspecified atom stereocenters. The summed E-state index contributed by atoms with van der Waals surface area (Å²) in [6.45, 7) is 0. The summed E-state index contributed by atoms with van der Waals surface area (Å²) in [6, 6.07) is 12.6. The number of fused-ring (bicyclic) bond motifs is 1. The predicted molar refractivity (Wildman–Crippen MR) is 56.0 cm³/mol. The van der Waals surface area contributed by atoms with Crippen molar-refractivity contribution < 1.29 is 0 Å². The number of benzene rings is 1. The van der Waals surface area contributed by atoms with Gasteiger partial charge < -0.3 is 0 Å². The number of hydrogen-bond donors (Lipinski definition) is 1. The normalized spacial score (nSPS) is 10.7. The summed E-state index contributed by atoms with van der Waals surface area (Å²) in [7, 11) is 0. The predicted octanol–water partition coefficient (Wildman–Crippen LogP) is 1.82. The van der Waals surface area contributed by atoms with Crippen LogP contribution in [0.15, 0.2) is 36.5 Å². The van der Waals surface area contributed by atoms with E-state index in [0.29, 0.717) is 0 Å². The average molecular weight is 195 g/mol. The van der Waals surface area contributed by atoms with Gasteiger partial charge in [0.05, 0.1) is 11.2 Å². The summed E-state index contributed by atoms with van der Waals surface area (Å²) in [6.07, 6.45) is 1.74. The molecule has 4 heteroatoms. The molecule has 71 valence electrons. The maximum atomic E-state index is 4.24. The zero-order valence-electron chi connectivity index (χ0n) is 7.81. The molecular weight excluding hydrogens is 188 g/mol. The van der Waals surface area contributed by atoms with E-state index in [1.54, 1.807) is 6.20 Å². The van der Waals surface area contributed by atoms with Gasteiger partial charge in [-0.15, -0.1) is 5.10 Å². The molecule has 0 saturated carbocycles. The number of pyridine rings is 1. The Morgan fingerprint density at radius 2 is 2.20 bits per heavy atom. The van der Waals surface area contributed by atoms with Gasteiger partial charge in [-0.25, -0.2) is 0 Å². The molecule has 2 aromatic heterocycles. The molecule has 1 aromatic carbocycles. The van der Waals surface area contributed by atoms with Crippen molar-refractivity contribution in [3.8, 4) is 11.3 Å². The molecule has 1 N–H and O–H groups in total. The first-order valence-corrected chi connectivity index (χ1v) is 4.58. The van der Waals surface area contributed by atoms with Crippen molar-refractivity contribution in [3.05, 3.63) is 42.6 Å². The number of aromatic nitrogens is 4. The maximum absolute atomic E-state index is 4.24. The van der Waals surface area contributed by atoms with Crippen LogP contribution < -0.4 is 0 Å². The molecule has 2 heterocycles. The quantitative estimate of drug-likeness (QED) is 0.644. The Kier molecular flexibility index (Phi) is 1.71. The zero-order chi connectivity index (χ0) is 10.1. The Morgan fingerprint density at radius 1 is 1.20 bits per heavy atom. The molecule has 0 amide bonds. The maximum Gasteiger partial charge on any atom is 0.122 e. The first kappa shape index (κ1) is 8.11. The van der Waals surface area contributed by atoms with Gasteiger partial charge >= 0.3 is 0 Å². The Morgan fingerprint density at radius 3 is 3.07 bits per heavy atom. The van der Waals surface area contributed by atoms with E-state index in [1.165, 1.54) is 0 Å². The SMILES string of the molecule is [c]1cccnc1-c1cccc2[nH]nnc12. The molecule has 0 spiro atoms. The van der Waals surface area contributed by atoms with Gasteiger partial charge in [0.25, 0.3) is 0 Å². The summed E-state index contributed by atoms with van der Waals surface area (Å²) in [5.41, 5.74) is 3.47. The summed E-state index contributed by atoms with van der Waals surface area (Å²) >= 11 is 0. The van der Waals surface area contributed by atoms with Gasteiger partial charge in [-0.1, -0.05) is 23.4 Å². The summed E-state index contributed by atoms with van der Waals surface area (Å²) < 4.78 is 0. The summed E-state index contributed by atoms with van der Waals surface area (Å²) in [4.78, 5) is 4.24. The Balaban J connectivity index is 2.31. The Bertz CT molecular complexity index is 586. The molecule has 0 atom stereocenters. The van der Waals surface area contributed by atoms with E-state index >= 15 is 0 Å². The number of nitrogens with zero attached hydrogens (tertiary/aromatic N) is 3. The Hall–Kier alpha value is -2.23. The number of rotatable bonds is 1. The van der Waals surface area contributed by atoms with Gasteiger partial charge in [-0.2, -0.15) is 0 Å². The van der Waals surface area contributed by atoms with Crippen LogP contribution in [0.4, 0.5) is 0 Å². The van der Waals surface area contributed by atoms with Gasteiger partial charge in [0.2, 0.25) is 0 Å². The third kappa shape index (κ3) is 1.27. The highest BCUT2D eigenvalue weighted by atomic mass is 15.3. The highest BCUT2D eigenvalue weighted by Crippen LogP contribution is 2.23. The lowest BCUT2D eigenvalue weighted by Gasteiger charge is -1.99. The molecule has 0 saturated heterocycles. The molecule has 15 heavy (non-hydrogen) atoms. The van der Waals surface area contributed by atoms with Crippen LogP contribution in [-0.2, 0) is 0 Å². The number of aromatic amines is 1. The van der Waals surface area contributed by atoms with E-state index in [-0.39, 0.29) is 0 Å². The number of H-pyrrole nitrogens is 1. The molecule has 0 fully saturated rings. The highest BCUT2D eigenvalue weighted by molar-refractivity contribution is 5.89. The van der Waals surface area contributed by atoms with Crippen molar-refractivity contribution in [2.45, 2.75) is 0 Å². The van der Waals surface area contributed by atoms with Gasteiger partial charge in [0.15, 0.2) is 0 Å². The number of hydrogen-bond acceptors (Lipinski definition) is 3. The third-order valence-electron chi connectivity index (χ3n) is 2.22. The number of nitrogens with one attached hydrogen (secondary N) is 1. The van der Waals surface area contributed by atoms with Gasteiger partial charge in [0.1, 0.15) is 5.52 Å². The minimum atomic E-state index is 0.789. The lowest BCUT2D eigenvalue weighted by atomic mass is 10.1. The van der Waals surface area contributed by atoms with Crippen LogP contribution in [0, 0.1) is 6.07 Å². The molecule has 0 aliphatic heterocycles. The second-order valence-electron chi connectivity index (χ2n) is 3.14. The molecule has 0 aliphatic rings. The van der Waals surface area contributed by atoms with Crippen molar-refractivity contribution in [2.24, 2.45) is 0 Å². The lowest BCUT2D eigenvalue weighted by Crippen LogP contribution is -1.84. The summed E-state index contributed by atoms with van der Waals surface area (Å²) in [5, 5.41) is 10.6. The molecule has 0 aliphatic carbocycles. The molecule has 3 aromatic rings. The van der Waals surface area contributed by atoms with E-state index in [0.717, 1.165) is 22.3 Å². The molecule has 3 rings (SSSR count). The fraction of sp³-hybridized carbons (Fsp3) is 0. The average Bonchev–Trinajstić information content (AvgIpc) is 2.78. The van der Waals surface area contributed by atoms with Crippen LogP contribution in [0.25, 0.3) is 22.3 Å². The van der Waals surface area contributed by atoms with Crippen molar-refractivity contribution in [3.63, 3.8) is 0 Å². The fourth-order valence-corrected chi connectivity index (χ4v) is 1.53. The first-order chi connectivity index (χ1) is 7.45. The van der Waals surface area contributed by atoms with Crippen LogP contribution in [-0.4, -0.2) is 20.4 Å². The second kappa shape index (κ2) is 3.16. The van der Waals surface area contributed by atoms with E-state index in [2.05, 4.69) is 26.5 Å². The van der Waals surface area contributed by atoms with Crippen LogP contribution in [0.2, 0.25) is 0 Å². The smallest absolute Gasteiger partial charge is 0.122 e. The fourth-order valence-electron chi connectivity index (χ4n) is 1.53. The van der Waals surface area contributed by atoms with Gasteiger partial charge in [0, 0.05) is 17.8 Å². The largest absolute Gasteiger partial charge is 0.258 e. The lowest BCUT2D eigenvalue weighted by molar-refractivity contribution is 0.959. The van der Waals surface area contributed by atoms with Crippen LogP contribution in [0.3, 0.4) is 0 Å². The second-order valence-corrected chi connectivity index (χ2v) is 3.14. The first-order valence-electron chi connectivity index (χ1n) is 4.58. The molecule has 4 nitrogen and oxygen atoms in total. The zero-order valence-corrected chi connectivity index (χ0v) is 7.81. The van der Waals surface area contributed by atoms with Gasteiger partial charge in [-0.05, 0) is 12.1 Å². The van der Waals surface area contributed by atoms with E-state index in [9.17, 15) is 0 Å². The van der Waals surface area contributed by atoms with E-state index in [4.69, 9.17) is 0 Å². The molecular formula is C11H7N4. The summed E-state index contributed by atoms with van der Waals surface area (Å²) in [5.74, 6) is 0. The van der Waals surface area contributed by atoms with Crippen molar-refractivity contribution in [1.29, 1.82) is 0 Å².